The second-order valence-corrected chi connectivity index (χ2v) is 4.95. The van der Waals surface area contributed by atoms with Crippen LogP contribution in [0, 0.1) is 0 Å². The number of ketones is 1. The Labute approximate surface area is 96.9 Å². The van der Waals surface area contributed by atoms with Gasteiger partial charge in [-0.2, -0.15) is 5.10 Å². The Balaban J connectivity index is 2.07. The van der Waals surface area contributed by atoms with Gasteiger partial charge in [0.05, 0.1) is 10.6 Å². The molecule has 0 bridgehead atoms. The number of rotatable bonds is 1. The molecule has 3 rings (SSSR count). The molecule has 0 amide bonds. The predicted octanol–water partition coefficient (Wildman–Crippen LogP) is 2.06. The number of aromatic nitrogens is 3. The van der Waals surface area contributed by atoms with Crippen molar-refractivity contribution in [2.24, 2.45) is 7.05 Å². The second-order valence-electron chi connectivity index (χ2n) is 3.95. The number of carbonyl (C=O) groups is 1. The number of fused-ring (bicyclic) bond motifs is 1. The molecule has 0 unspecified atom stereocenters. The molecular weight excluding hydrogens is 222 g/mol. The van der Waals surface area contributed by atoms with Crippen molar-refractivity contribution in [3.8, 4) is 10.7 Å². The van der Waals surface area contributed by atoms with Gasteiger partial charge in [-0.05, 0) is 18.9 Å². The van der Waals surface area contributed by atoms with Crippen LogP contribution in [-0.4, -0.2) is 20.5 Å². The molecule has 5 heteroatoms. The number of Topliss-reactive ketones (excluding diaryl/α,β-unsaturated/α-hetero) is 1. The van der Waals surface area contributed by atoms with Gasteiger partial charge in [0.25, 0.3) is 0 Å². The van der Waals surface area contributed by atoms with E-state index in [1.165, 1.54) is 11.3 Å². The molecule has 0 saturated heterocycles. The Morgan fingerprint density at radius 2 is 2.31 bits per heavy atom. The lowest BCUT2D eigenvalue weighted by Crippen LogP contribution is -2.07. The molecule has 1 aliphatic carbocycles. The van der Waals surface area contributed by atoms with Crippen LogP contribution >= 0.6 is 11.3 Å². The third kappa shape index (κ3) is 1.48. The molecule has 0 saturated carbocycles. The molecule has 2 aromatic heterocycles. The minimum atomic E-state index is 0.237. The number of hydrogen-bond donors (Lipinski definition) is 0. The van der Waals surface area contributed by atoms with E-state index in [2.05, 4.69) is 10.1 Å². The molecule has 0 aliphatic heterocycles. The number of aryl methyl sites for hydroxylation is 2. The molecule has 0 atom stereocenters. The van der Waals surface area contributed by atoms with Crippen LogP contribution in [0.1, 0.15) is 28.2 Å². The molecule has 0 N–H and O–H groups in total. The average Bonchev–Trinajstić information content (AvgIpc) is 2.84. The predicted molar refractivity (Wildman–Crippen MR) is 61.6 cm³/mol. The van der Waals surface area contributed by atoms with Crippen LogP contribution in [0.25, 0.3) is 10.7 Å². The summed E-state index contributed by atoms with van der Waals surface area (Å²) in [4.78, 5) is 17.0. The highest BCUT2D eigenvalue weighted by Crippen LogP contribution is 2.31. The van der Waals surface area contributed by atoms with E-state index in [1.807, 2.05) is 19.3 Å². The van der Waals surface area contributed by atoms with Crippen molar-refractivity contribution < 1.29 is 4.79 Å². The van der Waals surface area contributed by atoms with Gasteiger partial charge in [-0.15, -0.1) is 11.3 Å². The van der Waals surface area contributed by atoms with Crippen LogP contribution in [0.2, 0.25) is 0 Å². The molecule has 2 aromatic rings. The molecule has 0 spiro atoms. The van der Waals surface area contributed by atoms with E-state index in [0.717, 1.165) is 34.1 Å². The molecule has 1 aliphatic rings. The first-order chi connectivity index (χ1) is 7.74. The van der Waals surface area contributed by atoms with Gasteiger partial charge in [0.2, 0.25) is 0 Å². The van der Waals surface area contributed by atoms with Crippen molar-refractivity contribution in [1.82, 2.24) is 14.8 Å². The van der Waals surface area contributed by atoms with Gasteiger partial charge in [0.15, 0.2) is 5.78 Å². The zero-order valence-electron chi connectivity index (χ0n) is 8.93. The van der Waals surface area contributed by atoms with Gasteiger partial charge in [0.1, 0.15) is 10.7 Å². The Kier molecular flexibility index (Phi) is 2.14. The Morgan fingerprint density at radius 3 is 3.00 bits per heavy atom. The van der Waals surface area contributed by atoms with E-state index in [0.29, 0.717) is 6.42 Å². The maximum Gasteiger partial charge on any atom is 0.174 e. The topological polar surface area (TPSA) is 47.8 Å². The average molecular weight is 233 g/mol. The highest BCUT2D eigenvalue weighted by molar-refractivity contribution is 7.17. The maximum atomic E-state index is 11.7. The van der Waals surface area contributed by atoms with Crippen LogP contribution in [0.4, 0.5) is 0 Å². The highest BCUT2D eigenvalue weighted by Gasteiger charge is 2.23. The third-order valence-electron chi connectivity index (χ3n) is 2.70. The molecule has 0 fully saturated rings. The quantitative estimate of drug-likeness (QED) is 0.757. The standard InChI is InChI=1S/C11H11N3OS/c1-14-6-5-8(13-14)11-12-7-3-2-4-9(15)10(7)16-11/h5-6H,2-4H2,1H3. The summed E-state index contributed by atoms with van der Waals surface area (Å²) in [6, 6.07) is 1.93. The first-order valence-corrected chi connectivity index (χ1v) is 6.08. The van der Waals surface area contributed by atoms with Gasteiger partial charge >= 0.3 is 0 Å². The summed E-state index contributed by atoms with van der Waals surface area (Å²) in [6.45, 7) is 0. The molecule has 0 aromatic carbocycles. The monoisotopic (exact) mass is 233 g/mol. The van der Waals surface area contributed by atoms with Crippen molar-refractivity contribution >= 4 is 17.1 Å². The molecule has 82 valence electrons. The van der Waals surface area contributed by atoms with Crippen LogP contribution in [0.5, 0.6) is 0 Å². The largest absolute Gasteiger partial charge is 0.293 e. The van der Waals surface area contributed by atoms with Crippen molar-refractivity contribution in [1.29, 1.82) is 0 Å². The van der Waals surface area contributed by atoms with E-state index in [1.54, 1.807) is 4.68 Å². The summed E-state index contributed by atoms with van der Waals surface area (Å²) in [6.07, 6.45) is 4.40. The first kappa shape index (κ1) is 9.72. The molecule has 4 nitrogen and oxygen atoms in total. The lowest BCUT2D eigenvalue weighted by molar-refractivity contribution is 0.0976. The fraction of sp³-hybridized carbons (Fsp3) is 0.364. The Morgan fingerprint density at radius 1 is 1.44 bits per heavy atom. The van der Waals surface area contributed by atoms with E-state index < -0.39 is 0 Å². The summed E-state index contributed by atoms with van der Waals surface area (Å²) in [5.74, 6) is 0.237. The summed E-state index contributed by atoms with van der Waals surface area (Å²) >= 11 is 1.47. The third-order valence-corrected chi connectivity index (χ3v) is 3.86. The summed E-state index contributed by atoms with van der Waals surface area (Å²) < 4.78 is 1.75. The fourth-order valence-electron chi connectivity index (χ4n) is 1.91. The normalized spacial score (nSPS) is 15.2. The van der Waals surface area contributed by atoms with Gasteiger partial charge in [0, 0.05) is 19.7 Å². The van der Waals surface area contributed by atoms with E-state index >= 15 is 0 Å². The van der Waals surface area contributed by atoms with Crippen molar-refractivity contribution in [2.45, 2.75) is 19.3 Å². The summed E-state index contributed by atoms with van der Waals surface area (Å²) in [7, 11) is 1.88. The SMILES string of the molecule is Cn1ccc(-c2nc3c(s2)C(=O)CCC3)n1. The summed E-state index contributed by atoms with van der Waals surface area (Å²) in [5, 5.41) is 5.16. The van der Waals surface area contributed by atoms with Gasteiger partial charge < -0.3 is 0 Å². The van der Waals surface area contributed by atoms with E-state index in [-0.39, 0.29) is 5.78 Å². The van der Waals surface area contributed by atoms with Crippen molar-refractivity contribution in [3.05, 3.63) is 22.8 Å². The zero-order valence-corrected chi connectivity index (χ0v) is 9.75. The van der Waals surface area contributed by atoms with Crippen LogP contribution in [-0.2, 0) is 13.5 Å². The van der Waals surface area contributed by atoms with Crippen LogP contribution in [0.15, 0.2) is 12.3 Å². The van der Waals surface area contributed by atoms with Gasteiger partial charge in [-0.3, -0.25) is 9.48 Å². The van der Waals surface area contributed by atoms with Crippen molar-refractivity contribution in [2.75, 3.05) is 0 Å². The second kappa shape index (κ2) is 3.52. The molecule has 16 heavy (non-hydrogen) atoms. The lowest BCUT2D eigenvalue weighted by Gasteiger charge is -2.06. The molecular formula is C11H11N3OS. The van der Waals surface area contributed by atoms with Gasteiger partial charge in [-0.1, -0.05) is 0 Å². The Bertz CT molecular complexity index is 555. The number of thiazole rings is 1. The van der Waals surface area contributed by atoms with Crippen LogP contribution < -0.4 is 0 Å². The first-order valence-electron chi connectivity index (χ1n) is 5.27. The summed E-state index contributed by atoms with van der Waals surface area (Å²) in [5.41, 5.74) is 1.82. The molecule has 0 radical (unpaired) electrons. The Hall–Kier alpha value is -1.49. The number of nitrogens with zero attached hydrogens (tertiary/aromatic N) is 3. The minimum absolute atomic E-state index is 0.237. The fourth-order valence-corrected chi connectivity index (χ4v) is 2.95. The minimum Gasteiger partial charge on any atom is -0.293 e. The van der Waals surface area contributed by atoms with Crippen molar-refractivity contribution in [3.63, 3.8) is 0 Å². The number of carbonyl (C=O) groups excluding carboxylic acids is 1. The zero-order chi connectivity index (χ0) is 11.1. The maximum absolute atomic E-state index is 11.7. The molecule has 2 heterocycles. The van der Waals surface area contributed by atoms with E-state index in [4.69, 9.17) is 0 Å². The highest BCUT2D eigenvalue weighted by atomic mass is 32.1. The van der Waals surface area contributed by atoms with E-state index in [9.17, 15) is 4.79 Å². The lowest BCUT2D eigenvalue weighted by atomic mass is 10.0. The number of hydrogen-bond acceptors (Lipinski definition) is 4. The smallest absolute Gasteiger partial charge is 0.174 e. The van der Waals surface area contributed by atoms with Gasteiger partial charge in [-0.25, -0.2) is 4.98 Å². The van der Waals surface area contributed by atoms with Crippen LogP contribution in [0.3, 0.4) is 0 Å².